The van der Waals surface area contributed by atoms with Gasteiger partial charge < -0.3 is 14.0 Å². The highest BCUT2D eigenvalue weighted by Crippen LogP contribution is 2.37. The number of anilines is 1. The molecule has 0 atom stereocenters. The molecular weight excluding hydrogens is 341 g/mol. The van der Waals surface area contributed by atoms with E-state index in [9.17, 15) is 8.42 Å². The maximum atomic E-state index is 12.2. The third kappa shape index (κ3) is 4.12. The van der Waals surface area contributed by atoms with Crippen LogP contribution in [0, 0.1) is 6.92 Å². The van der Waals surface area contributed by atoms with Crippen LogP contribution in [0.25, 0.3) is 0 Å². The minimum absolute atomic E-state index is 0.0650. The van der Waals surface area contributed by atoms with Crippen LogP contribution in [0.2, 0.25) is 0 Å². The molecule has 1 aromatic carbocycles. The molecule has 1 N–H and O–H groups in total. The largest absolute Gasteiger partial charge is 0.496 e. The van der Waals surface area contributed by atoms with Crippen LogP contribution >= 0.6 is 0 Å². The van der Waals surface area contributed by atoms with Crippen molar-refractivity contribution in [3.05, 3.63) is 17.7 Å². The molecule has 8 heteroatoms. The third-order valence-corrected chi connectivity index (χ3v) is 6.34. The number of benzene rings is 1. The molecule has 1 aliphatic heterocycles. The van der Waals surface area contributed by atoms with Crippen molar-refractivity contribution < 1.29 is 22.5 Å². The van der Waals surface area contributed by atoms with E-state index in [4.69, 9.17) is 14.0 Å². The van der Waals surface area contributed by atoms with E-state index in [1.807, 2.05) is 47.6 Å². The summed E-state index contributed by atoms with van der Waals surface area (Å²) in [7, 11) is -2.44. The number of nitrogens with one attached hydrogen (secondary N) is 1. The Morgan fingerprint density at radius 2 is 1.72 bits per heavy atom. The van der Waals surface area contributed by atoms with Crippen molar-refractivity contribution in [3.8, 4) is 5.75 Å². The van der Waals surface area contributed by atoms with Gasteiger partial charge >= 0.3 is 7.12 Å². The van der Waals surface area contributed by atoms with Crippen molar-refractivity contribution in [3.63, 3.8) is 0 Å². The van der Waals surface area contributed by atoms with Crippen LogP contribution in [-0.4, -0.2) is 39.6 Å². The first-order valence-electron chi connectivity index (χ1n) is 8.47. The first-order valence-corrected chi connectivity index (χ1v) is 10.1. The predicted molar refractivity (Wildman–Crippen MR) is 101 cm³/mol. The van der Waals surface area contributed by atoms with E-state index in [1.165, 1.54) is 0 Å². The first kappa shape index (κ1) is 20.1. The second-order valence-electron chi connectivity index (χ2n) is 7.40. The molecule has 0 spiro atoms. The summed E-state index contributed by atoms with van der Waals surface area (Å²) in [5.41, 5.74) is 0.977. The maximum absolute atomic E-state index is 12.2. The smallest absolute Gasteiger partial charge is 0.495 e. The van der Waals surface area contributed by atoms with E-state index in [0.717, 1.165) is 11.0 Å². The van der Waals surface area contributed by atoms with Crippen LogP contribution in [0.4, 0.5) is 5.69 Å². The van der Waals surface area contributed by atoms with Crippen LogP contribution in [0.1, 0.15) is 46.6 Å². The van der Waals surface area contributed by atoms with Gasteiger partial charge in [-0.1, -0.05) is 6.92 Å². The third-order valence-electron chi connectivity index (χ3n) is 4.87. The Bertz CT molecular complexity index is 730. The van der Waals surface area contributed by atoms with Crippen LogP contribution < -0.4 is 14.9 Å². The van der Waals surface area contributed by atoms with Crippen LogP contribution in [-0.2, 0) is 19.3 Å². The Balaban J connectivity index is 2.43. The molecule has 6 nitrogen and oxygen atoms in total. The molecule has 0 bridgehead atoms. The highest BCUT2D eigenvalue weighted by Gasteiger charge is 2.51. The van der Waals surface area contributed by atoms with Gasteiger partial charge in [-0.15, -0.1) is 0 Å². The van der Waals surface area contributed by atoms with E-state index < -0.39 is 28.3 Å². The van der Waals surface area contributed by atoms with Gasteiger partial charge in [0.1, 0.15) is 5.75 Å². The second-order valence-corrected chi connectivity index (χ2v) is 9.25. The molecule has 2 rings (SSSR count). The molecular formula is C17H28BNO5S. The van der Waals surface area contributed by atoms with Crippen molar-refractivity contribution >= 4 is 28.3 Å². The normalized spacial score (nSPS) is 19.1. The van der Waals surface area contributed by atoms with Gasteiger partial charge in [-0.2, -0.15) is 0 Å². The Labute approximate surface area is 151 Å². The van der Waals surface area contributed by atoms with Crippen molar-refractivity contribution in [2.45, 2.75) is 59.2 Å². The van der Waals surface area contributed by atoms with E-state index >= 15 is 0 Å². The lowest BCUT2D eigenvalue weighted by atomic mass is 9.78. The first-order chi connectivity index (χ1) is 11.4. The van der Waals surface area contributed by atoms with Gasteiger partial charge in [-0.3, -0.25) is 4.72 Å². The molecule has 0 aliphatic carbocycles. The van der Waals surface area contributed by atoms with Crippen molar-refractivity contribution in [1.82, 2.24) is 0 Å². The molecule has 0 aromatic heterocycles. The molecule has 1 aliphatic rings. The van der Waals surface area contributed by atoms with Crippen molar-refractivity contribution in [1.29, 1.82) is 0 Å². The molecule has 1 heterocycles. The zero-order valence-corrected chi connectivity index (χ0v) is 16.9. The van der Waals surface area contributed by atoms with Gasteiger partial charge in [0.25, 0.3) is 0 Å². The summed E-state index contributed by atoms with van der Waals surface area (Å²) >= 11 is 0. The summed E-state index contributed by atoms with van der Waals surface area (Å²) < 4.78 is 44.6. The number of hydrogen-bond acceptors (Lipinski definition) is 5. The maximum Gasteiger partial charge on any atom is 0.495 e. The predicted octanol–water partition coefficient (Wildman–Crippen LogP) is 2.45. The van der Waals surface area contributed by atoms with Gasteiger partial charge in [0, 0.05) is 5.56 Å². The summed E-state index contributed by atoms with van der Waals surface area (Å²) in [6.07, 6.45) is 0.544. The van der Waals surface area contributed by atoms with Crippen molar-refractivity contribution in [2.24, 2.45) is 0 Å². The van der Waals surface area contributed by atoms with E-state index in [-0.39, 0.29) is 5.75 Å². The Hall–Kier alpha value is -1.25. The van der Waals surface area contributed by atoms with Gasteiger partial charge in [-0.25, -0.2) is 8.42 Å². The van der Waals surface area contributed by atoms with Gasteiger partial charge in [0.2, 0.25) is 10.0 Å². The average molecular weight is 369 g/mol. The molecule has 0 radical (unpaired) electrons. The zero-order valence-electron chi connectivity index (χ0n) is 16.1. The number of methoxy groups -OCH3 is 1. The molecule has 0 unspecified atom stereocenters. The topological polar surface area (TPSA) is 73.9 Å². The van der Waals surface area contributed by atoms with Gasteiger partial charge in [0.05, 0.1) is 29.8 Å². The Kier molecular flexibility index (Phi) is 5.47. The fourth-order valence-electron chi connectivity index (χ4n) is 2.63. The standard InChI is InChI=1S/C17H28BNO5S/c1-8-9-25(20,21)19-14-10-13(11-15(22-7)12(14)2)18-23-16(3,4)17(5,6)24-18/h10-11,19H,8-9H2,1-7H3. The van der Waals surface area contributed by atoms with E-state index in [1.54, 1.807) is 13.2 Å². The number of sulfonamides is 1. The summed E-state index contributed by atoms with van der Waals surface area (Å²) in [4.78, 5) is 0. The van der Waals surface area contributed by atoms with Crippen molar-refractivity contribution in [2.75, 3.05) is 17.6 Å². The molecule has 25 heavy (non-hydrogen) atoms. The SMILES string of the molecule is CCCS(=O)(=O)Nc1cc(B2OC(C)(C)C(C)(C)O2)cc(OC)c1C. The van der Waals surface area contributed by atoms with Gasteiger partial charge in [-0.05, 0) is 58.6 Å². The highest BCUT2D eigenvalue weighted by atomic mass is 32.2. The van der Waals surface area contributed by atoms with E-state index in [0.29, 0.717) is 17.9 Å². The quantitative estimate of drug-likeness (QED) is 0.780. The summed E-state index contributed by atoms with van der Waals surface area (Å²) in [6, 6.07) is 3.59. The minimum atomic E-state index is -3.41. The monoisotopic (exact) mass is 369 g/mol. The highest BCUT2D eigenvalue weighted by molar-refractivity contribution is 7.92. The summed E-state index contributed by atoms with van der Waals surface area (Å²) in [6.45, 7) is 11.5. The summed E-state index contributed by atoms with van der Waals surface area (Å²) in [5, 5.41) is 0. The van der Waals surface area contributed by atoms with E-state index in [2.05, 4.69) is 4.72 Å². The molecule has 1 fully saturated rings. The fraction of sp³-hybridized carbons (Fsp3) is 0.647. The Morgan fingerprint density at radius 3 is 2.20 bits per heavy atom. The second kappa shape index (κ2) is 6.81. The molecule has 1 saturated heterocycles. The van der Waals surface area contributed by atoms with Gasteiger partial charge in [0.15, 0.2) is 0 Å². The van der Waals surface area contributed by atoms with Crippen LogP contribution in [0.15, 0.2) is 12.1 Å². The lowest BCUT2D eigenvalue weighted by Crippen LogP contribution is -2.41. The lowest BCUT2D eigenvalue weighted by molar-refractivity contribution is 0.00578. The minimum Gasteiger partial charge on any atom is -0.496 e. The van der Waals surface area contributed by atoms with Crippen LogP contribution in [0.5, 0.6) is 5.75 Å². The number of hydrogen-bond donors (Lipinski definition) is 1. The number of ether oxygens (including phenoxy) is 1. The number of rotatable bonds is 6. The molecule has 0 saturated carbocycles. The molecule has 140 valence electrons. The zero-order chi connectivity index (χ0) is 19.0. The van der Waals surface area contributed by atoms with Crippen LogP contribution in [0.3, 0.4) is 0 Å². The summed E-state index contributed by atoms with van der Waals surface area (Å²) in [5.74, 6) is 0.650. The Morgan fingerprint density at radius 1 is 1.16 bits per heavy atom. The molecule has 0 amide bonds. The fourth-order valence-corrected chi connectivity index (χ4v) is 3.82. The lowest BCUT2D eigenvalue weighted by Gasteiger charge is -2.32. The average Bonchev–Trinajstić information content (AvgIpc) is 2.69. The molecule has 1 aromatic rings.